The van der Waals surface area contributed by atoms with Gasteiger partial charge in [-0.3, -0.25) is 0 Å². The molecule has 0 unspecified atom stereocenters. The molecule has 276 valence electrons. The van der Waals surface area contributed by atoms with Crippen LogP contribution in [0.25, 0.3) is 11.1 Å². The lowest BCUT2D eigenvalue weighted by molar-refractivity contribution is -0.143. The number of hydrogen-bond donors (Lipinski definition) is 0. The highest BCUT2D eigenvalue weighted by Gasteiger charge is 2.37. The topological polar surface area (TPSA) is 81.6 Å². The van der Waals surface area contributed by atoms with Gasteiger partial charge in [0.25, 0.3) is 0 Å². The van der Waals surface area contributed by atoms with E-state index in [4.69, 9.17) is 9.47 Å². The number of rotatable bonds is 12. The number of benzene rings is 3. The van der Waals surface area contributed by atoms with Gasteiger partial charge in [0.1, 0.15) is 12.4 Å². The highest BCUT2D eigenvalue weighted by atomic mass is 32.2. The summed E-state index contributed by atoms with van der Waals surface area (Å²) in [5, 5.41) is 0. The van der Waals surface area contributed by atoms with E-state index < -0.39 is 63.7 Å². The first-order valence-corrected chi connectivity index (χ1v) is 17.2. The van der Waals surface area contributed by atoms with Crippen LogP contribution in [0.4, 0.5) is 45.5 Å². The molecule has 0 spiro atoms. The van der Waals surface area contributed by atoms with Crippen molar-refractivity contribution in [1.82, 2.24) is 9.97 Å². The van der Waals surface area contributed by atoms with Crippen molar-refractivity contribution in [1.29, 1.82) is 0 Å². The summed E-state index contributed by atoms with van der Waals surface area (Å²) in [4.78, 5) is 9.36. The van der Waals surface area contributed by atoms with E-state index in [1.54, 1.807) is 18.2 Å². The van der Waals surface area contributed by atoms with Gasteiger partial charge >= 0.3 is 18.5 Å². The average molecular weight is 750 g/mol. The molecule has 0 aliphatic rings. The molecule has 51 heavy (non-hydrogen) atoms. The van der Waals surface area contributed by atoms with Crippen LogP contribution in [0, 0.1) is 0 Å². The van der Waals surface area contributed by atoms with Crippen LogP contribution >= 0.6 is 0 Å². The van der Waals surface area contributed by atoms with Crippen molar-refractivity contribution in [2.75, 3.05) is 30.6 Å². The van der Waals surface area contributed by atoms with Gasteiger partial charge in [-0.15, -0.1) is 0 Å². The highest BCUT2D eigenvalue weighted by Crippen LogP contribution is 2.40. The number of nitrogens with zero attached hydrogens (tertiary/aromatic N) is 3. The normalized spacial score (nSPS) is 12.7. The number of methoxy groups -OCH3 is 1. The zero-order valence-electron chi connectivity index (χ0n) is 27.5. The summed E-state index contributed by atoms with van der Waals surface area (Å²) >= 11 is 0. The molecule has 4 aromatic rings. The zero-order chi connectivity index (χ0) is 37.9. The maximum absolute atomic E-state index is 14.0. The van der Waals surface area contributed by atoms with E-state index >= 15 is 0 Å². The molecule has 0 radical (unpaired) electrons. The predicted octanol–water partition coefficient (Wildman–Crippen LogP) is 8.96. The van der Waals surface area contributed by atoms with E-state index in [0.29, 0.717) is 23.4 Å². The third-order valence-corrected chi connectivity index (χ3v) is 8.52. The first-order valence-electron chi connectivity index (χ1n) is 15.1. The van der Waals surface area contributed by atoms with Gasteiger partial charge in [0.2, 0.25) is 5.95 Å². The summed E-state index contributed by atoms with van der Waals surface area (Å²) in [5.74, 6) is -0.359. The van der Waals surface area contributed by atoms with Crippen LogP contribution in [0.3, 0.4) is 0 Å². The Morgan fingerprint density at radius 2 is 1.33 bits per heavy atom. The molecule has 1 heterocycles. The van der Waals surface area contributed by atoms with E-state index in [-0.39, 0.29) is 47.2 Å². The Kier molecular flexibility index (Phi) is 11.5. The molecule has 0 aliphatic heterocycles. The number of alkyl halides is 9. The quantitative estimate of drug-likeness (QED) is 0.134. The Balaban J connectivity index is 1.89. The lowest BCUT2D eigenvalue weighted by Gasteiger charge is -2.26. The van der Waals surface area contributed by atoms with E-state index in [2.05, 4.69) is 9.97 Å². The van der Waals surface area contributed by atoms with E-state index in [1.165, 1.54) is 13.2 Å². The predicted molar refractivity (Wildman–Crippen MR) is 171 cm³/mol. The van der Waals surface area contributed by atoms with Gasteiger partial charge < -0.3 is 14.4 Å². The van der Waals surface area contributed by atoms with Crippen molar-refractivity contribution >= 4 is 15.8 Å². The van der Waals surface area contributed by atoms with Crippen molar-refractivity contribution < 1.29 is 57.4 Å². The fourth-order valence-corrected chi connectivity index (χ4v) is 5.44. The Morgan fingerprint density at radius 1 is 0.745 bits per heavy atom. The van der Waals surface area contributed by atoms with Crippen molar-refractivity contribution in [2.24, 2.45) is 0 Å². The lowest BCUT2D eigenvalue weighted by atomic mass is 9.92. The van der Waals surface area contributed by atoms with Crippen LogP contribution in [-0.2, 0) is 41.5 Å². The molecule has 0 saturated heterocycles. The van der Waals surface area contributed by atoms with E-state index in [1.807, 2.05) is 13.8 Å². The summed E-state index contributed by atoms with van der Waals surface area (Å²) in [6.07, 6.45) is -12.0. The summed E-state index contributed by atoms with van der Waals surface area (Å²) in [6, 6.07) is 9.02. The largest absolute Gasteiger partial charge is 0.496 e. The van der Waals surface area contributed by atoms with Gasteiger partial charge in [-0.1, -0.05) is 26.0 Å². The fourth-order valence-electron chi connectivity index (χ4n) is 5.05. The number of anilines is 1. The second kappa shape index (κ2) is 15.0. The maximum Gasteiger partial charge on any atom is 0.416 e. The summed E-state index contributed by atoms with van der Waals surface area (Å²) in [5.41, 5.74) is -3.29. The second-order valence-corrected chi connectivity index (χ2v) is 14.2. The number of aromatic nitrogens is 2. The summed E-state index contributed by atoms with van der Waals surface area (Å²) in [6.45, 7) is 2.29. The Labute approximate surface area is 288 Å². The molecule has 0 fully saturated rings. The fraction of sp³-hybridized carbons (Fsp3) is 0.353. The van der Waals surface area contributed by atoms with Gasteiger partial charge in [-0.2, -0.15) is 39.5 Å². The summed E-state index contributed by atoms with van der Waals surface area (Å²) < 4.78 is 158. The van der Waals surface area contributed by atoms with Crippen LogP contribution < -0.4 is 14.4 Å². The molecule has 0 aliphatic carbocycles. The van der Waals surface area contributed by atoms with Gasteiger partial charge in [0, 0.05) is 24.9 Å². The SMILES string of the molecule is COc1ccc(C(C)C)cc1-c1ccc(C(F)(F)F)cc1CN(Cc1cc(C(F)(F)F)cc(C(F)(F)F)c1)c1ncc(OCCS(C)(=O)=O)cn1. The maximum atomic E-state index is 14.0. The molecule has 0 bridgehead atoms. The van der Waals surface area contributed by atoms with Gasteiger partial charge in [0.15, 0.2) is 15.6 Å². The van der Waals surface area contributed by atoms with Crippen molar-refractivity contribution in [3.63, 3.8) is 0 Å². The molecular formula is C34H32F9N3O4S. The Morgan fingerprint density at radius 3 is 1.84 bits per heavy atom. The molecule has 1 aromatic heterocycles. The first-order chi connectivity index (χ1) is 23.5. The molecule has 0 amide bonds. The minimum atomic E-state index is -5.16. The van der Waals surface area contributed by atoms with Crippen molar-refractivity contribution in [2.45, 2.75) is 51.4 Å². The molecular weight excluding hydrogens is 717 g/mol. The first kappa shape index (κ1) is 39.2. The number of halogens is 9. The Bertz CT molecular complexity index is 1910. The molecule has 0 saturated carbocycles. The molecule has 7 nitrogen and oxygen atoms in total. The van der Waals surface area contributed by atoms with Crippen LogP contribution in [0.5, 0.6) is 11.5 Å². The van der Waals surface area contributed by atoms with Gasteiger partial charge in [0.05, 0.1) is 41.9 Å². The molecule has 4 rings (SSSR count). The molecule has 0 N–H and O–H groups in total. The Hall–Kier alpha value is -4.54. The van der Waals surface area contributed by atoms with E-state index in [9.17, 15) is 47.9 Å². The number of sulfone groups is 1. The van der Waals surface area contributed by atoms with Gasteiger partial charge in [-0.25, -0.2) is 18.4 Å². The van der Waals surface area contributed by atoms with Gasteiger partial charge in [-0.05, 0) is 70.6 Å². The molecule has 17 heteroatoms. The van der Waals surface area contributed by atoms with Crippen LogP contribution in [0.2, 0.25) is 0 Å². The lowest BCUT2D eigenvalue weighted by Crippen LogP contribution is -2.26. The van der Waals surface area contributed by atoms with Crippen LogP contribution in [-0.4, -0.2) is 44.1 Å². The van der Waals surface area contributed by atoms with Crippen LogP contribution in [0.1, 0.15) is 53.1 Å². The smallest absolute Gasteiger partial charge is 0.416 e. The molecule has 0 atom stereocenters. The van der Waals surface area contributed by atoms with Crippen molar-refractivity contribution in [3.8, 4) is 22.6 Å². The minimum Gasteiger partial charge on any atom is -0.496 e. The monoisotopic (exact) mass is 749 g/mol. The third-order valence-electron chi connectivity index (χ3n) is 7.62. The number of hydrogen-bond acceptors (Lipinski definition) is 7. The second-order valence-electron chi connectivity index (χ2n) is 12.0. The highest BCUT2D eigenvalue weighted by molar-refractivity contribution is 7.90. The van der Waals surface area contributed by atoms with Crippen LogP contribution in [0.15, 0.2) is 67.0 Å². The summed E-state index contributed by atoms with van der Waals surface area (Å²) in [7, 11) is -2.03. The molecule has 3 aromatic carbocycles. The number of ether oxygens (including phenoxy) is 2. The van der Waals surface area contributed by atoms with Crippen molar-refractivity contribution in [3.05, 3.63) is 100 Å². The average Bonchev–Trinajstić information content (AvgIpc) is 3.02. The zero-order valence-corrected chi connectivity index (χ0v) is 28.4. The standard InChI is InChI=1S/C34H32F9N3O4S/c1-20(2)22-5-8-30(49-3)29(14-22)28-7-6-24(32(35,36)37)13-23(28)19-46(31-44-16-27(17-45-31)50-9-10-51(4,47)48)18-21-11-25(33(38,39)40)15-26(12-21)34(41,42)43/h5-8,11-17,20H,9-10,18-19H2,1-4H3. The third kappa shape index (κ3) is 10.5. The van der Waals surface area contributed by atoms with E-state index in [0.717, 1.165) is 41.2 Å². The minimum absolute atomic E-state index is 0.000594.